The molecule has 0 saturated heterocycles. The van der Waals surface area contributed by atoms with Crippen LogP contribution in [0, 0.1) is 6.92 Å². The van der Waals surface area contributed by atoms with Crippen LogP contribution >= 0.6 is 0 Å². The molecule has 1 aromatic carbocycles. The summed E-state index contributed by atoms with van der Waals surface area (Å²) in [6.07, 6.45) is 3.41. The van der Waals surface area contributed by atoms with Crippen molar-refractivity contribution in [2.75, 3.05) is 6.54 Å². The summed E-state index contributed by atoms with van der Waals surface area (Å²) in [5, 5.41) is 13.7. The highest BCUT2D eigenvalue weighted by Crippen LogP contribution is 2.16. The van der Waals surface area contributed by atoms with E-state index in [1.165, 1.54) is 0 Å². The lowest BCUT2D eigenvalue weighted by Crippen LogP contribution is -2.39. The molecule has 0 saturated carbocycles. The first-order valence-electron chi connectivity index (χ1n) is 7.61. The van der Waals surface area contributed by atoms with Crippen LogP contribution < -0.4 is 5.32 Å². The Morgan fingerprint density at radius 3 is 2.48 bits per heavy atom. The predicted octanol–water partition coefficient (Wildman–Crippen LogP) is 2.82. The number of hydrogen-bond donors (Lipinski definition) is 2. The molecule has 1 heterocycles. The molecule has 2 rings (SSSR count). The third-order valence-electron chi connectivity index (χ3n) is 4.10. The van der Waals surface area contributed by atoms with Gasteiger partial charge in [-0.3, -0.25) is 4.57 Å². The molecule has 1 aromatic heterocycles. The Balaban J connectivity index is 2.09. The maximum Gasteiger partial charge on any atom is 0.110 e. The van der Waals surface area contributed by atoms with E-state index in [-0.39, 0.29) is 0 Å². The Morgan fingerprint density at radius 1 is 1.19 bits per heavy atom. The lowest BCUT2D eigenvalue weighted by molar-refractivity contribution is 0.0322. The third-order valence-corrected chi connectivity index (χ3v) is 4.10. The van der Waals surface area contributed by atoms with Crippen molar-refractivity contribution in [1.82, 2.24) is 14.9 Å². The summed E-state index contributed by atoms with van der Waals surface area (Å²) >= 11 is 0. The van der Waals surface area contributed by atoms with E-state index >= 15 is 0 Å². The van der Waals surface area contributed by atoms with E-state index in [0.29, 0.717) is 13.1 Å². The molecule has 0 bridgehead atoms. The molecule has 0 spiro atoms. The molecule has 2 N–H and O–H groups in total. The SMILES string of the molecule is CCC(O)(CC)CNCc1cnc(C)n1-c1ccccc1. The number of nitrogens with zero attached hydrogens (tertiary/aromatic N) is 2. The molecular formula is C17H25N3O. The van der Waals surface area contributed by atoms with E-state index in [4.69, 9.17) is 0 Å². The minimum Gasteiger partial charge on any atom is -0.389 e. The van der Waals surface area contributed by atoms with Crippen molar-refractivity contribution in [2.24, 2.45) is 0 Å². The summed E-state index contributed by atoms with van der Waals surface area (Å²) in [6, 6.07) is 10.2. The maximum atomic E-state index is 10.3. The first-order chi connectivity index (χ1) is 10.1. The molecule has 4 nitrogen and oxygen atoms in total. The third kappa shape index (κ3) is 3.71. The average Bonchev–Trinajstić information content (AvgIpc) is 2.89. The zero-order valence-electron chi connectivity index (χ0n) is 13.1. The van der Waals surface area contributed by atoms with Crippen molar-refractivity contribution >= 4 is 0 Å². The highest BCUT2D eigenvalue weighted by Gasteiger charge is 2.21. The Bertz CT molecular complexity index is 559. The first-order valence-corrected chi connectivity index (χ1v) is 7.61. The van der Waals surface area contributed by atoms with Gasteiger partial charge < -0.3 is 10.4 Å². The normalized spacial score (nSPS) is 11.8. The van der Waals surface area contributed by atoms with Gasteiger partial charge in [-0.05, 0) is 31.9 Å². The molecule has 0 atom stereocenters. The topological polar surface area (TPSA) is 50.1 Å². The Morgan fingerprint density at radius 2 is 1.86 bits per heavy atom. The fourth-order valence-electron chi connectivity index (χ4n) is 2.47. The standard InChI is InChI=1S/C17H25N3O/c1-4-17(21,5-2)13-18-11-16-12-19-14(3)20(16)15-9-7-6-8-10-15/h6-10,12,18,21H,4-5,11,13H2,1-3H3. The largest absolute Gasteiger partial charge is 0.389 e. The van der Waals surface area contributed by atoms with Crippen LogP contribution in [0.1, 0.15) is 38.2 Å². The van der Waals surface area contributed by atoms with E-state index in [9.17, 15) is 5.11 Å². The number of hydrogen-bond acceptors (Lipinski definition) is 3. The van der Waals surface area contributed by atoms with E-state index in [0.717, 1.165) is 30.0 Å². The molecule has 0 aliphatic rings. The molecule has 0 unspecified atom stereocenters. The molecule has 114 valence electrons. The number of rotatable bonds is 7. The lowest BCUT2D eigenvalue weighted by atomic mass is 9.98. The lowest BCUT2D eigenvalue weighted by Gasteiger charge is -2.25. The molecule has 0 radical (unpaired) electrons. The van der Waals surface area contributed by atoms with Gasteiger partial charge in [-0.25, -0.2) is 4.98 Å². The summed E-state index contributed by atoms with van der Waals surface area (Å²) in [7, 11) is 0. The van der Waals surface area contributed by atoms with Gasteiger partial charge >= 0.3 is 0 Å². The van der Waals surface area contributed by atoms with Crippen LogP contribution in [0.25, 0.3) is 5.69 Å². The van der Waals surface area contributed by atoms with Gasteiger partial charge in [-0.2, -0.15) is 0 Å². The van der Waals surface area contributed by atoms with Crippen LogP contribution in [0.2, 0.25) is 0 Å². The second-order valence-electron chi connectivity index (χ2n) is 5.50. The van der Waals surface area contributed by atoms with Gasteiger partial charge in [0.15, 0.2) is 0 Å². The van der Waals surface area contributed by atoms with Gasteiger partial charge in [0.05, 0.1) is 17.5 Å². The highest BCUT2D eigenvalue weighted by molar-refractivity contribution is 5.35. The van der Waals surface area contributed by atoms with Crippen molar-refractivity contribution in [3.63, 3.8) is 0 Å². The second-order valence-corrected chi connectivity index (χ2v) is 5.50. The minimum absolute atomic E-state index is 0.596. The summed E-state index contributed by atoms with van der Waals surface area (Å²) < 4.78 is 2.14. The number of benzene rings is 1. The van der Waals surface area contributed by atoms with Crippen LogP contribution in [0.15, 0.2) is 36.5 Å². The summed E-state index contributed by atoms with van der Waals surface area (Å²) in [6.45, 7) is 7.33. The Labute approximate surface area is 126 Å². The molecule has 4 heteroatoms. The molecule has 0 amide bonds. The van der Waals surface area contributed by atoms with E-state index in [1.54, 1.807) is 0 Å². The first kappa shape index (κ1) is 15.7. The highest BCUT2D eigenvalue weighted by atomic mass is 16.3. The van der Waals surface area contributed by atoms with Gasteiger partial charge in [-0.15, -0.1) is 0 Å². The van der Waals surface area contributed by atoms with Crippen molar-refractivity contribution in [3.05, 3.63) is 48.0 Å². The molecule has 2 aromatic rings. The van der Waals surface area contributed by atoms with Gasteiger partial charge in [0, 0.05) is 18.8 Å². The van der Waals surface area contributed by atoms with Crippen molar-refractivity contribution in [3.8, 4) is 5.69 Å². The molecule has 0 aliphatic carbocycles. The quantitative estimate of drug-likeness (QED) is 0.823. The van der Waals surface area contributed by atoms with Gasteiger partial charge in [-0.1, -0.05) is 32.0 Å². The minimum atomic E-state index is -0.618. The van der Waals surface area contributed by atoms with Crippen molar-refractivity contribution in [1.29, 1.82) is 0 Å². The number of para-hydroxylation sites is 1. The predicted molar refractivity (Wildman–Crippen MR) is 85.5 cm³/mol. The summed E-state index contributed by atoms with van der Waals surface area (Å²) in [5.41, 5.74) is 1.60. The van der Waals surface area contributed by atoms with Gasteiger partial charge in [0.2, 0.25) is 0 Å². The average molecular weight is 287 g/mol. The van der Waals surface area contributed by atoms with Crippen LogP contribution in [0.3, 0.4) is 0 Å². The fourth-order valence-corrected chi connectivity index (χ4v) is 2.47. The van der Waals surface area contributed by atoms with Crippen LogP contribution in [0.5, 0.6) is 0 Å². The number of aromatic nitrogens is 2. The van der Waals surface area contributed by atoms with E-state index < -0.39 is 5.60 Å². The smallest absolute Gasteiger partial charge is 0.110 e. The zero-order valence-corrected chi connectivity index (χ0v) is 13.1. The number of aryl methyl sites for hydroxylation is 1. The fraction of sp³-hybridized carbons (Fsp3) is 0.471. The molecule has 0 aliphatic heterocycles. The van der Waals surface area contributed by atoms with Crippen LogP contribution in [0.4, 0.5) is 0 Å². The number of nitrogens with one attached hydrogen (secondary N) is 1. The van der Waals surface area contributed by atoms with E-state index in [1.807, 2.05) is 45.2 Å². The molecule has 0 fully saturated rings. The maximum absolute atomic E-state index is 10.3. The van der Waals surface area contributed by atoms with Crippen molar-refractivity contribution in [2.45, 2.75) is 45.8 Å². The van der Waals surface area contributed by atoms with Crippen LogP contribution in [-0.4, -0.2) is 26.8 Å². The second kappa shape index (κ2) is 6.87. The summed E-state index contributed by atoms with van der Waals surface area (Å²) in [4.78, 5) is 4.41. The number of aliphatic hydroxyl groups is 1. The van der Waals surface area contributed by atoms with Gasteiger partial charge in [0.1, 0.15) is 5.82 Å². The van der Waals surface area contributed by atoms with Gasteiger partial charge in [0.25, 0.3) is 0 Å². The van der Waals surface area contributed by atoms with E-state index in [2.05, 4.69) is 27.0 Å². The monoisotopic (exact) mass is 287 g/mol. The Hall–Kier alpha value is -1.65. The van der Waals surface area contributed by atoms with Crippen LogP contribution in [-0.2, 0) is 6.54 Å². The Kier molecular flexibility index (Phi) is 5.15. The molecule has 21 heavy (non-hydrogen) atoms. The summed E-state index contributed by atoms with van der Waals surface area (Å²) in [5.74, 6) is 0.972. The van der Waals surface area contributed by atoms with Crippen molar-refractivity contribution < 1.29 is 5.11 Å². The number of imidazole rings is 1. The zero-order chi connectivity index (χ0) is 15.3. The molecular weight excluding hydrogens is 262 g/mol.